The Hall–Kier alpha value is -3.58. The van der Waals surface area contributed by atoms with Crippen molar-refractivity contribution >= 4 is 29.2 Å². The molecular formula is C21H17ClN2O5. The number of nitro groups is 1. The van der Waals surface area contributed by atoms with E-state index < -0.39 is 4.92 Å². The minimum atomic E-state index is -0.672. The summed E-state index contributed by atoms with van der Waals surface area (Å²) >= 11 is 5.87. The van der Waals surface area contributed by atoms with Crippen molar-refractivity contribution in [3.05, 3.63) is 86.9 Å². The van der Waals surface area contributed by atoms with Crippen LogP contribution in [-0.4, -0.2) is 23.4 Å². The molecule has 0 aromatic heterocycles. The lowest BCUT2D eigenvalue weighted by molar-refractivity contribution is -0.384. The van der Waals surface area contributed by atoms with Crippen molar-refractivity contribution in [2.24, 2.45) is 4.99 Å². The van der Waals surface area contributed by atoms with Crippen LogP contribution in [0, 0.1) is 10.1 Å². The Kier molecular flexibility index (Phi) is 6.31. The van der Waals surface area contributed by atoms with E-state index in [1.165, 1.54) is 19.4 Å². The molecule has 7 nitrogen and oxygen atoms in total. The summed E-state index contributed by atoms with van der Waals surface area (Å²) in [6, 6.07) is 17.2. The molecule has 8 heteroatoms. The molecule has 0 atom stereocenters. The lowest BCUT2D eigenvalue weighted by Gasteiger charge is -2.11. The van der Waals surface area contributed by atoms with Gasteiger partial charge in [0.15, 0.2) is 11.5 Å². The highest BCUT2D eigenvalue weighted by Gasteiger charge is 2.16. The second kappa shape index (κ2) is 9.07. The maximum atomic E-state index is 10.9. The van der Waals surface area contributed by atoms with Gasteiger partial charge in [0, 0.05) is 6.21 Å². The molecular weight excluding hydrogens is 396 g/mol. The van der Waals surface area contributed by atoms with E-state index in [-0.39, 0.29) is 22.1 Å². The highest BCUT2D eigenvalue weighted by atomic mass is 35.5. The average molecular weight is 413 g/mol. The molecule has 0 amide bonds. The third-order valence-electron chi connectivity index (χ3n) is 4.02. The van der Waals surface area contributed by atoms with Gasteiger partial charge in [0.2, 0.25) is 0 Å². The molecule has 0 spiro atoms. The highest BCUT2D eigenvalue weighted by molar-refractivity contribution is 6.33. The van der Waals surface area contributed by atoms with Gasteiger partial charge in [-0.1, -0.05) is 41.9 Å². The van der Waals surface area contributed by atoms with E-state index in [4.69, 9.17) is 21.1 Å². The third-order valence-corrected chi connectivity index (χ3v) is 4.32. The summed E-state index contributed by atoms with van der Waals surface area (Å²) in [5.74, 6) is 0.762. The van der Waals surface area contributed by atoms with E-state index in [1.807, 2.05) is 30.3 Å². The second-order valence-corrected chi connectivity index (χ2v) is 6.40. The van der Waals surface area contributed by atoms with Crippen LogP contribution in [-0.2, 0) is 6.61 Å². The lowest BCUT2D eigenvalue weighted by atomic mass is 10.2. The van der Waals surface area contributed by atoms with Gasteiger partial charge >= 0.3 is 0 Å². The van der Waals surface area contributed by atoms with Gasteiger partial charge in [-0.15, -0.1) is 0 Å². The number of phenolic OH excluding ortho intramolecular Hbond substituents is 1. The summed E-state index contributed by atoms with van der Waals surface area (Å²) in [4.78, 5) is 14.3. The molecule has 0 saturated carbocycles. The maximum absolute atomic E-state index is 10.9. The van der Waals surface area contributed by atoms with Crippen LogP contribution < -0.4 is 9.47 Å². The van der Waals surface area contributed by atoms with Gasteiger partial charge in [-0.3, -0.25) is 15.1 Å². The predicted molar refractivity (Wildman–Crippen MR) is 111 cm³/mol. The van der Waals surface area contributed by atoms with Gasteiger partial charge < -0.3 is 14.6 Å². The van der Waals surface area contributed by atoms with Crippen LogP contribution in [0.5, 0.6) is 17.2 Å². The number of aliphatic imine (C=N–C) groups is 1. The fourth-order valence-electron chi connectivity index (χ4n) is 2.55. The van der Waals surface area contributed by atoms with Crippen LogP contribution in [0.15, 0.2) is 65.7 Å². The molecule has 29 heavy (non-hydrogen) atoms. The first-order valence-electron chi connectivity index (χ1n) is 8.53. The van der Waals surface area contributed by atoms with Crippen molar-refractivity contribution in [3.8, 4) is 17.2 Å². The molecule has 0 aliphatic heterocycles. The molecule has 0 unspecified atom stereocenters. The molecule has 0 saturated heterocycles. The van der Waals surface area contributed by atoms with E-state index in [1.54, 1.807) is 18.2 Å². The quantitative estimate of drug-likeness (QED) is 0.323. The Bertz CT molecular complexity index is 1050. The van der Waals surface area contributed by atoms with Gasteiger partial charge in [0.05, 0.1) is 18.1 Å². The summed E-state index contributed by atoms with van der Waals surface area (Å²) in [7, 11) is 1.54. The molecule has 3 aromatic carbocycles. The number of phenols is 1. The Labute approximate surface area is 172 Å². The van der Waals surface area contributed by atoms with Gasteiger partial charge in [-0.25, -0.2) is 0 Å². The Morgan fingerprint density at radius 3 is 2.59 bits per heavy atom. The van der Waals surface area contributed by atoms with E-state index in [0.29, 0.717) is 23.7 Å². The van der Waals surface area contributed by atoms with Gasteiger partial charge in [0.1, 0.15) is 23.1 Å². The van der Waals surface area contributed by atoms with Crippen LogP contribution in [0.1, 0.15) is 11.1 Å². The number of hydrogen-bond donors (Lipinski definition) is 1. The smallest absolute Gasteiger partial charge is 0.291 e. The van der Waals surface area contributed by atoms with Gasteiger partial charge in [0.25, 0.3) is 5.69 Å². The topological polar surface area (TPSA) is 94.2 Å². The molecule has 3 rings (SSSR count). The number of halogens is 1. The molecule has 148 valence electrons. The number of nitro benzene ring substituents is 1. The summed E-state index contributed by atoms with van der Waals surface area (Å²) in [5.41, 5.74) is 1.45. The van der Waals surface area contributed by atoms with Crippen LogP contribution in [0.4, 0.5) is 11.4 Å². The van der Waals surface area contributed by atoms with Crippen molar-refractivity contribution in [2.75, 3.05) is 7.11 Å². The monoisotopic (exact) mass is 412 g/mol. The van der Waals surface area contributed by atoms with E-state index in [2.05, 4.69) is 4.99 Å². The number of aromatic hydroxyl groups is 1. The molecule has 0 bridgehead atoms. The highest BCUT2D eigenvalue weighted by Crippen LogP contribution is 2.37. The van der Waals surface area contributed by atoms with E-state index in [9.17, 15) is 15.2 Å². The van der Waals surface area contributed by atoms with Crippen molar-refractivity contribution < 1.29 is 19.5 Å². The number of rotatable bonds is 7. The number of nitrogens with zero attached hydrogens (tertiary/aromatic N) is 2. The van der Waals surface area contributed by atoms with Crippen molar-refractivity contribution in [3.63, 3.8) is 0 Å². The average Bonchev–Trinajstić information content (AvgIpc) is 2.73. The minimum Gasteiger partial charge on any atom is -0.505 e. The van der Waals surface area contributed by atoms with Crippen LogP contribution in [0.3, 0.4) is 0 Å². The number of benzene rings is 3. The van der Waals surface area contributed by atoms with Crippen molar-refractivity contribution in [2.45, 2.75) is 6.61 Å². The van der Waals surface area contributed by atoms with Gasteiger partial charge in [-0.05, 0) is 35.4 Å². The number of ether oxygens (including phenoxy) is 2. The van der Waals surface area contributed by atoms with Crippen LogP contribution >= 0.6 is 11.6 Å². The zero-order chi connectivity index (χ0) is 20.8. The molecule has 0 fully saturated rings. The molecule has 0 radical (unpaired) electrons. The molecule has 3 aromatic rings. The minimum absolute atomic E-state index is 0.109. The summed E-state index contributed by atoms with van der Waals surface area (Å²) in [6.07, 6.45) is 1.49. The van der Waals surface area contributed by atoms with E-state index in [0.717, 1.165) is 11.6 Å². The van der Waals surface area contributed by atoms with Crippen molar-refractivity contribution in [1.82, 2.24) is 0 Å². The first-order valence-corrected chi connectivity index (χ1v) is 8.91. The summed E-state index contributed by atoms with van der Waals surface area (Å²) in [5, 5.41) is 20.7. The first-order chi connectivity index (χ1) is 14.0. The van der Waals surface area contributed by atoms with Crippen LogP contribution in [0.2, 0.25) is 5.02 Å². The second-order valence-electron chi connectivity index (χ2n) is 5.99. The first kappa shape index (κ1) is 20.2. The molecule has 0 heterocycles. The zero-order valence-corrected chi connectivity index (χ0v) is 16.2. The standard InChI is InChI=1S/C21H17ClN2O5/c1-28-21-9-15(7-8-20(21)29-13-14-5-3-2-4-6-14)12-23-17-10-16(22)18(24(26)27)11-19(17)25/h2-12,25H,13H2,1H3. The molecule has 0 aliphatic carbocycles. The Morgan fingerprint density at radius 2 is 1.90 bits per heavy atom. The van der Waals surface area contributed by atoms with Crippen LogP contribution in [0.25, 0.3) is 0 Å². The Balaban J connectivity index is 1.78. The fraction of sp³-hybridized carbons (Fsp3) is 0.0952. The zero-order valence-electron chi connectivity index (χ0n) is 15.4. The number of hydrogen-bond acceptors (Lipinski definition) is 6. The lowest BCUT2D eigenvalue weighted by Crippen LogP contribution is -1.98. The molecule has 1 N–H and O–H groups in total. The SMILES string of the molecule is COc1cc(C=Nc2cc(Cl)c([N+](=O)[O-])cc2O)ccc1OCc1ccccc1. The summed E-state index contributed by atoms with van der Waals surface area (Å²) in [6.45, 7) is 0.403. The maximum Gasteiger partial charge on any atom is 0.291 e. The third kappa shape index (κ3) is 5.03. The Morgan fingerprint density at radius 1 is 1.14 bits per heavy atom. The summed E-state index contributed by atoms with van der Waals surface area (Å²) < 4.78 is 11.2. The normalized spacial score (nSPS) is 10.8. The molecule has 0 aliphatic rings. The number of methoxy groups -OCH3 is 1. The largest absolute Gasteiger partial charge is 0.505 e. The van der Waals surface area contributed by atoms with E-state index >= 15 is 0 Å². The fourth-order valence-corrected chi connectivity index (χ4v) is 2.77. The van der Waals surface area contributed by atoms with Gasteiger partial charge in [-0.2, -0.15) is 0 Å². The predicted octanol–water partition coefficient (Wildman–Crippen LogP) is 5.29. The van der Waals surface area contributed by atoms with Crippen molar-refractivity contribution in [1.29, 1.82) is 0 Å².